The quantitative estimate of drug-likeness (QED) is 0.175. The molecule has 1 saturated carbocycles. The van der Waals surface area contributed by atoms with E-state index in [2.05, 4.69) is 143 Å². The Morgan fingerprint density at radius 3 is 1.44 bits per heavy atom. The Morgan fingerprint density at radius 2 is 1.08 bits per heavy atom. The van der Waals surface area contributed by atoms with Crippen LogP contribution in [-0.4, -0.2) is 5.66 Å². The van der Waals surface area contributed by atoms with E-state index in [9.17, 15) is 0 Å². The van der Waals surface area contributed by atoms with Crippen LogP contribution in [0.5, 0.6) is 0 Å². The number of hydrogen-bond donors (Lipinski definition) is 0. The van der Waals surface area contributed by atoms with Gasteiger partial charge >= 0.3 is 51.4 Å². The largest absolute Gasteiger partial charge is 0.358 e. The molecule has 6 heteroatoms. The van der Waals surface area contributed by atoms with E-state index in [-0.39, 0.29) is 7.43 Å². The van der Waals surface area contributed by atoms with Crippen molar-refractivity contribution in [2.45, 2.75) is 70.9 Å². The summed E-state index contributed by atoms with van der Waals surface area (Å²) in [4.78, 5) is 0. The van der Waals surface area contributed by atoms with Crippen molar-refractivity contribution >= 4 is 60.0 Å². The van der Waals surface area contributed by atoms with E-state index >= 15 is 0 Å². The number of hydrogen-bond acceptors (Lipinski definition) is 1. The molecule has 0 aliphatic heterocycles. The fraction of sp³-hybridized carbons (Fsp3) is 0.367. The molecule has 0 heterocycles. The van der Waals surface area contributed by atoms with Gasteiger partial charge in [-0.25, -0.2) is 0 Å². The molecule has 1 nitrogen and oxygen atoms in total. The second-order valence-corrected chi connectivity index (χ2v) is 47.1. The van der Waals surface area contributed by atoms with Gasteiger partial charge in [0.05, 0.1) is 5.69 Å². The maximum absolute atomic E-state index is 5.97. The van der Waals surface area contributed by atoms with Crippen molar-refractivity contribution in [3.63, 3.8) is 0 Å². The van der Waals surface area contributed by atoms with Gasteiger partial charge in [-0.2, -0.15) is 0 Å². The third-order valence-corrected chi connectivity index (χ3v) is 11.0. The van der Waals surface area contributed by atoms with E-state index in [1.807, 2.05) is 0 Å². The zero-order valence-corrected chi connectivity index (χ0v) is 30.2. The topological polar surface area (TPSA) is 12.4 Å². The summed E-state index contributed by atoms with van der Waals surface area (Å²) in [5, 5.41) is 2.86. The molecule has 3 aromatic carbocycles. The molecule has 0 N–H and O–H groups in total. The molecule has 1 aliphatic rings. The summed E-state index contributed by atoms with van der Waals surface area (Å²) in [7, 11) is -1.98. The summed E-state index contributed by atoms with van der Waals surface area (Å²) >= 11 is 8.80. The Hall–Kier alpha value is 0.213. The van der Waals surface area contributed by atoms with Crippen molar-refractivity contribution in [3.8, 4) is 0 Å². The molecule has 4 rings (SSSR count). The first-order valence-electron chi connectivity index (χ1n) is 12.5. The van der Waals surface area contributed by atoms with Crippen molar-refractivity contribution in [2.24, 2.45) is 4.74 Å². The normalized spacial score (nSPS) is 13.7. The summed E-state index contributed by atoms with van der Waals surface area (Å²) in [5.74, 6) is 0.906. The van der Waals surface area contributed by atoms with Gasteiger partial charge in [-0.1, -0.05) is 119 Å². The van der Waals surface area contributed by atoms with Gasteiger partial charge in [-0.3, -0.25) is 4.74 Å². The molecule has 0 spiro atoms. The molecular formula is C30H39Br3NPZr-. The summed E-state index contributed by atoms with van der Waals surface area (Å²) in [5.41, 5.74) is 4.67. The van der Waals surface area contributed by atoms with Gasteiger partial charge in [0.15, 0.2) is 0 Å². The first kappa shape index (κ1) is 32.4. The van der Waals surface area contributed by atoms with Crippen LogP contribution >= 0.6 is 43.7 Å². The summed E-state index contributed by atoms with van der Waals surface area (Å²) in [6, 6.07) is 29.3. The maximum Gasteiger partial charge on any atom is -0.358 e. The van der Waals surface area contributed by atoms with Crippen molar-refractivity contribution in [2.75, 3.05) is 0 Å². The van der Waals surface area contributed by atoms with Crippen molar-refractivity contribution in [1.29, 1.82) is 0 Å². The van der Waals surface area contributed by atoms with Gasteiger partial charge in [0.2, 0.25) is 0 Å². The Kier molecular flexibility index (Phi) is 14.2. The van der Waals surface area contributed by atoms with Crippen LogP contribution in [0, 0.1) is 7.43 Å². The molecule has 195 valence electrons. The number of halogens is 3. The van der Waals surface area contributed by atoms with Crippen LogP contribution < -0.4 is 10.6 Å². The van der Waals surface area contributed by atoms with E-state index in [1.54, 1.807) is 0 Å². The van der Waals surface area contributed by atoms with Gasteiger partial charge < -0.3 is 7.43 Å². The predicted molar refractivity (Wildman–Crippen MR) is 171 cm³/mol. The zero-order valence-electron chi connectivity index (χ0n) is 22.1. The van der Waals surface area contributed by atoms with E-state index < -0.39 is 21.8 Å². The Bertz CT molecular complexity index is 1040. The van der Waals surface area contributed by atoms with Gasteiger partial charge in [0.25, 0.3) is 0 Å². The van der Waals surface area contributed by atoms with E-state index in [4.69, 9.17) is 4.74 Å². The average molecular weight is 776 g/mol. The van der Waals surface area contributed by atoms with E-state index in [0.29, 0.717) is 17.5 Å². The monoisotopic (exact) mass is 771 g/mol. The van der Waals surface area contributed by atoms with Crippen LogP contribution in [0.2, 0.25) is 0 Å². The summed E-state index contributed by atoms with van der Waals surface area (Å²) in [6.45, 7) is 9.22. The molecule has 0 radical (unpaired) electrons. The molecule has 1 fully saturated rings. The number of rotatable bonds is 6. The van der Waals surface area contributed by atoms with Crippen LogP contribution in [0.1, 0.15) is 76.3 Å². The van der Waals surface area contributed by atoms with Gasteiger partial charge in [0, 0.05) is 12.7 Å². The fourth-order valence-electron chi connectivity index (χ4n) is 5.14. The standard InChI is InChI=1S/C29H36NP.CH3.3BrH.Zr/c1-22(2)27-20-13-21-28(23(3)4)29(27)30-31(26-18-11-12-19-26,24-14-7-5-8-15-24)25-16-9-6-10-17-25;;;;;/h5-10,13-17,20-23,26H,11-12,18-19H2,1-4H3;1H3;3*1H;/q;-1;;;;+3/p-3. The number of nitrogens with zero attached hydrogens (tertiary/aromatic N) is 1. The van der Waals surface area contributed by atoms with Crippen molar-refractivity contribution in [1.82, 2.24) is 0 Å². The van der Waals surface area contributed by atoms with Crippen LogP contribution in [0.3, 0.4) is 0 Å². The second-order valence-electron chi connectivity index (χ2n) is 9.70. The zero-order chi connectivity index (χ0) is 25.4. The molecular weight excluding hydrogens is 736 g/mol. The minimum absolute atomic E-state index is 0. The molecule has 1 aliphatic carbocycles. The minimum Gasteiger partial charge on any atom is -0.358 e. The van der Waals surface area contributed by atoms with Crippen LogP contribution in [0.15, 0.2) is 83.6 Å². The van der Waals surface area contributed by atoms with Crippen LogP contribution in [0.4, 0.5) is 5.69 Å². The number of benzene rings is 3. The SMILES string of the molecule is CC(C)c1cccc(C(C)C)c1N=P(c1ccccc1)(c1ccccc1)C1CCCC1.[Br][Zr]([Br])[Br].[CH3-]. The van der Waals surface area contributed by atoms with Gasteiger partial charge in [-0.15, -0.1) is 0 Å². The first-order valence-corrected chi connectivity index (χ1v) is 31.1. The van der Waals surface area contributed by atoms with Crippen LogP contribution in [0.25, 0.3) is 0 Å². The molecule has 0 atom stereocenters. The predicted octanol–water partition coefficient (Wildman–Crippen LogP) is 11.3. The summed E-state index contributed by atoms with van der Waals surface area (Å²) in [6.07, 6.45) is 5.21. The van der Waals surface area contributed by atoms with E-state index in [0.717, 1.165) is 0 Å². The van der Waals surface area contributed by atoms with Gasteiger partial charge in [-0.05, 0) is 46.4 Å². The summed E-state index contributed by atoms with van der Waals surface area (Å²) < 4.78 is 5.97. The second kappa shape index (κ2) is 15.7. The first-order chi connectivity index (χ1) is 16.8. The minimum atomic E-state index is -1.98. The van der Waals surface area contributed by atoms with Crippen molar-refractivity contribution < 1.29 is 14.7 Å². The molecule has 0 bridgehead atoms. The Labute approximate surface area is 245 Å². The Balaban J connectivity index is 0.000000850. The van der Waals surface area contributed by atoms with Crippen LogP contribution in [-0.2, 0) is 14.7 Å². The maximum atomic E-state index is 5.97. The third-order valence-electron chi connectivity index (χ3n) is 6.75. The van der Waals surface area contributed by atoms with E-state index in [1.165, 1.54) is 53.1 Å². The fourth-order valence-corrected chi connectivity index (χ4v) is 9.59. The molecule has 3 aromatic rings. The van der Waals surface area contributed by atoms with Gasteiger partial charge in [0.1, 0.15) is 0 Å². The average Bonchev–Trinajstić information content (AvgIpc) is 3.38. The Morgan fingerprint density at radius 1 is 0.694 bits per heavy atom. The third kappa shape index (κ3) is 8.11. The molecule has 0 saturated heterocycles. The molecule has 36 heavy (non-hydrogen) atoms. The molecule has 0 aromatic heterocycles. The molecule has 0 amide bonds. The van der Waals surface area contributed by atoms with Crippen molar-refractivity contribution in [3.05, 3.63) is 97.4 Å². The molecule has 0 unspecified atom stereocenters. The smallest absolute Gasteiger partial charge is 0.358 e.